The third-order valence-electron chi connectivity index (χ3n) is 6.96. The minimum atomic E-state index is -4.69. The number of piperazine rings is 1. The molecular weight excluding hydrogens is 532 g/mol. The number of urea groups is 1. The van der Waals surface area contributed by atoms with Gasteiger partial charge in [0.15, 0.2) is 5.84 Å². The number of rotatable bonds is 4. The topological polar surface area (TPSA) is 119 Å². The highest BCUT2D eigenvalue weighted by Crippen LogP contribution is 2.39. The molecule has 0 saturated carbocycles. The number of halogens is 4. The second-order valence-electron chi connectivity index (χ2n) is 9.62. The fraction of sp³-hybridized carbons (Fsp3) is 0.308. The standard InChI is InChI=1S/C26H26F4N8O2/c1-36-8-10-37(11-9-36)24(39)18-13-38-22(23(31)32-14-33-38)21(18)15-2-5-17(6-3-15)34-25(40)35-20-12-16(26(28,29)30)4-7-19(20)27/h2-7,12,14,18H,8-11,13H2,1H3,(H2,31,32,33)(H2,34,35,40). The Balaban J connectivity index is 1.35. The number of amidine groups is 1. The Labute approximate surface area is 226 Å². The summed E-state index contributed by atoms with van der Waals surface area (Å²) in [5.74, 6) is -1.38. The van der Waals surface area contributed by atoms with Crippen molar-refractivity contribution in [2.75, 3.05) is 50.4 Å². The van der Waals surface area contributed by atoms with Crippen LogP contribution in [-0.4, -0.2) is 78.7 Å². The number of nitrogens with two attached hydrogens (primary N) is 1. The fourth-order valence-electron chi connectivity index (χ4n) is 4.85. The molecule has 10 nitrogen and oxygen atoms in total. The molecule has 3 heterocycles. The molecule has 1 atom stereocenters. The van der Waals surface area contributed by atoms with E-state index >= 15 is 0 Å². The number of carbonyl (C=O) groups excluding carboxylic acids is 2. The monoisotopic (exact) mass is 558 g/mol. The van der Waals surface area contributed by atoms with Crippen molar-refractivity contribution in [2.45, 2.75) is 6.18 Å². The van der Waals surface area contributed by atoms with Gasteiger partial charge in [-0.05, 0) is 42.9 Å². The smallest absolute Gasteiger partial charge is 0.382 e. The lowest BCUT2D eigenvalue weighted by atomic mass is 9.91. The Hall–Kier alpha value is -4.46. The van der Waals surface area contributed by atoms with Gasteiger partial charge in [-0.2, -0.15) is 18.3 Å². The molecule has 2 aromatic rings. The van der Waals surface area contributed by atoms with Crippen molar-refractivity contribution in [1.29, 1.82) is 0 Å². The van der Waals surface area contributed by atoms with Crippen LogP contribution in [0.25, 0.3) is 5.57 Å². The SMILES string of the molecule is CN1CCN(C(=O)C2CN3N=CN=C(N)C3=C2c2ccc(NC(=O)Nc3cc(C(F)(F)F)ccc3F)cc2)CC1. The molecule has 1 fully saturated rings. The maximum absolute atomic E-state index is 14.0. The van der Waals surface area contributed by atoms with Crippen LogP contribution in [0.1, 0.15) is 11.1 Å². The number of benzene rings is 2. The van der Waals surface area contributed by atoms with Crippen LogP contribution in [0.15, 0.2) is 58.3 Å². The van der Waals surface area contributed by atoms with E-state index in [9.17, 15) is 27.2 Å². The number of hydrogen-bond donors (Lipinski definition) is 3. The maximum Gasteiger partial charge on any atom is 0.416 e. The fourth-order valence-corrected chi connectivity index (χ4v) is 4.85. The van der Waals surface area contributed by atoms with Crippen LogP contribution in [0.5, 0.6) is 0 Å². The quantitative estimate of drug-likeness (QED) is 0.498. The first-order valence-electron chi connectivity index (χ1n) is 12.4. The number of alkyl halides is 3. The molecular formula is C26H26F4N8O2. The van der Waals surface area contributed by atoms with Crippen molar-refractivity contribution >= 4 is 41.1 Å². The first-order valence-corrected chi connectivity index (χ1v) is 12.4. The highest BCUT2D eigenvalue weighted by Gasteiger charge is 2.41. The van der Waals surface area contributed by atoms with Crippen LogP contribution in [-0.2, 0) is 11.0 Å². The van der Waals surface area contributed by atoms with Gasteiger partial charge in [0.05, 0.1) is 23.7 Å². The summed E-state index contributed by atoms with van der Waals surface area (Å²) in [5, 5.41) is 10.5. The zero-order valence-electron chi connectivity index (χ0n) is 21.4. The van der Waals surface area contributed by atoms with Crippen LogP contribution in [0.2, 0.25) is 0 Å². The Kier molecular flexibility index (Phi) is 7.19. The number of hydrazone groups is 1. The van der Waals surface area contributed by atoms with Crippen LogP contribution in [0.4, 0.5) is 33.7 Å². The minimum Gasteiger partial charge on any atom is -0.382 e. The lowest BCUT2D eigenvalue weighted by Crippen LogP contribution is -2.49. The molecule has 1 unspecified atom stereocenters. The molecule has 0 aromatic heterocycles. The van der Waals surface area contributed by atoms with Crippen LogP contribution in [0.3, 0.4) is 0 Å². The predicted octanol–water partition coefficient (Wildman–Crippen LogP) is 3.22. The van der Waals surface area contributed by atoms with E-state index in [2.05, 4.69) is 25.6 Å². The molecule has 0 radical (unpaired) electrons. The number of hydrogen-bond acceptors (Lipinski definition) is 7. The largest absolute Gasteiger partial charge is 0.416 e. The molecule has 14 heteroatoms. The van der Waals surface area contributed by atoms with Crippen molar-refractivity contribution in [3.8, 4) is 0 Å². The van der Waals surface area contributed by atoms with E-state index in [1.54, 1.807) is 29.3 Å². The molecule has 5 rings (SSSR count). The van der Waals surface area contributed by atoms with Gasteiger partial charge in [-0.15, -0.1) is 0 Å². The van der Waals surface area contributed by atoms with Gasteiger partial charge in [-0.1, -0.05) is 12.1 Å². The Bertz CT molecular complexity index is 1410. The van der Waals surface area contributed by atoms with Crippen molar-refractivity contribution in [1.82, 2.24) is 14.8 Å². The molecule has 3 amide bonds. The van der Waals surface area contributed by atoms with Crippen molar-refractivity contribution in [3.05, 3.63) is 65.1 Å². The highest BCUT2D eigenvalue weighted by atomic mass is 19.4. The average Bonchev–Trinajstić information content (AvgIpc) is 3.31. The van der Waals surface area contributed by atoms with Gasteiger partial charge in [0.2, 0.25) is 5.91 Å². The zero-order chi connectivity index (χ0) is 28.6. The van der Waals surface area contributed by atoms with Crippen molar-refractivity contribution < 1.29 is 27.2 Å². The van der Waals surface area contributed by atoms with Gasteiger partial charge in [0.1, 0.15) is 17.9 Å². The number of nitrogens with one attached hydrogen (secondary N) is 2. The van der Waals surface area contributed by atoms with E-state index in [0.717, 1.165) is 13.1 Å². The molecule has 0 aliphatic carbocycles. The van der Waals surface area contributed by atoms with Gasteiger partial charge >= 0.3 is 12.2 Å². The molecule has 4 N–H and O–H groups in total. The maximum atomic E-state index is 14.0. The second kappa shape index (κ2) is 10.6. The van der Waals surface area contributed by atoms with E-state index in [4.69, 9.17) is 5.73 Å². The Morgan fingerprint density at radius 3 is 2.40 bits per heavy atom. The molecule has 3 aliphatic rings. The van der Waals surface area contributed by atoms with E-state index in [1.165, 1.54) is 6.34 Å². The van der Waals surface area contributed by atoms with Crippen molar-refractivity contribution in [3.63, 3.8) is 0 Å². The van der Waals surface area contributed by atoms with Gasteiger partial charge in [0.25, 0.3) is 0 Å². The lowest BCUT2D eigenvalue weighted by Gasteiger charge is -2.34. The highest BCUT2D eigenvalue weighted by molar-refractivity contribution is 6.11. The summed E-state index contributed by atoms with van der Waals surface area (Å²) in [5.41, 5.74) is 6.63. The third-order valence-corrected chi connectivity index (χ3v) is 6.96. The molecule has 2 aromatic carbocycles. The first-order chi connectivity index (χ1) is 19.0. The molecule has 3 aliphatic heterocycles. The normalized spacial score (nSPS) is 19.4. The Morgan fingerprint density at radius 1 is 1.02 bits per heavy atom. The number of aliphatic imine (C=N–C) groups is 1. The third kappa shape index (κ3) is 5.47. The number of likely N-dealkylation sites (N-methyl/N-ethyl adjacent to an activating group) is 1. The summed E-state index contributed by atoms with van der Waals surface area (Å²) in [6.07, 6.45) is -3.36. The van der Waals surface area contributed by atoms with Crippen molar-refractivity contribution in [2.24, 2.45) is 21.7 Å². The summed E-state index contributed by atoms with van der Waals surface area (Å²) >= 11 is 0. The van der Waals surface area contributed by atoms with Crippen LogP contribution in [0, 0.1) is 11.7 Å². The van der Waals surface area contributed by atoms with Gasteiger partial charge in [-0.3, -0.25) is 9.80 Å². The summed E-state index contributed by atoms with van der Waals surface area (Å²) in [7, 11) is 2.00. The van der Waals surface area contributed by atoms with Gasteiger partial charge in [-0.25, -0.2) is 14.2 Å². The van der Waals surface area contributed by atoms with E-state index in [1.807, 2.05) is 11.9 Å². The second-order valence-corrected chi connectivity index (χ2v) is 9.62. The summed E-state index contributed by atoms with van der Waals surface area (Å²) < 4.78 is 52.9. The number of anilines is 2. The summed E-state index contributed by atoms with van der Waals surface area (Å²) in [6, 6.07) is 7.30. The van der Waals surface area contributed by atoms with Crippen LogP contribution >= 0.6 is 0 Å². The van der Waals surface area contributed by atoms with E-state index < -0.39 is 35.2 Å². The van der Waals surface area contributed by atoms with Crippen LogP contribution < -0.4 is 16.4 Å². The predicted molar refractivity (Wildman–Crippen MR) is 142 cm³/mol. The number of carbonyl (C=O) groups is 2. The zero-order valence-corrected chi connectivity index (χ0v) is 21.4. The first kappa shape index (κ1) is 27.1. The lowest BCUT2D eigenvalue weighted by molar-refractivity contribution is -0.137. The molecule has 0 bridgehead atoms. The summed E-state index contributed by atoms with van der Waals surface area (Å²) in [6.45, 7) is 3.04. The number of amides is 3. The molecule has 40 heavy (non-hydrogen) atoms. The molecule has 210 valence electrons. The molecule has 0 spiro atoms. The average molecular weight is 559 g/mol. The molecule has 1 saturated heterocycles. The number of fused-ring (bicyclic) bond motifs is 1. The number of nitrogens with zero attached hydrogens (tertiary/aromatic N) is 5. The van der Waals surface area contributed by atoms with E-state index in [0.29, 0.717) is 60.4 Å². The van der Waals surface area contributed by atoms with E-state index in [-0.39, 0.29) is 11.7 Å². The van der Waals surface area contributed by atoms with Gasteiger partial charge < -0.3 is 26.2 Å². The minimum absolute atomic E-state index is 0.0438. The summed E-state index contributed by atoms with van der Waals surface area (Å²) in [4.78, 5) is 34.1. The Morgan fingerprint density at radius 2 is 1.73 bits per heavy atom. The van der Waals surface area contributed by atoms with Gasteiger partial charge in [0, 0.05) is 37.4 Å².